The van der Waals surface area contributed by atoms with Crippen LogP contribution in [0.25, 0.3) is 0 Å². The molecule has 10 atom stereocenters. The number of benzene rings is 3. The van der Waals surface area contributed by atoms with E-state index < -0.39 is 53.4 Å². The lowest BCUT2D eigenvalue weighted by Crippen LogP contribution is -2.59. The maximum Gasteiger partial charge on any atom is 0.243 e. The maximum absolute atomic E-state index is 15.0. The van der Waals surface area contributed by atoms with E-state index in [0.717, 1.165) is 46.2 Å². The summed E-state index contributed by atoms with van der Waals surface area (Å²) in [7, 11) is 0. The molecular formula is C61H81N3O9. The topological polar surface area (TPSA) is 226 Å². The van der Waals surface area contributed by atoms with Crippen LogP contribution in [0.2, 0.25) is 0 Å². The Labute approximate surface area is 432 Å². The number of rotatable bonds is 12. The van der Waals surface area contributed by atoms with Crippen molar-refractivity contribution in [2.75, 3.05) is 19.8 Å². The number of aromatic hydroxyl groups is 1. The third kappa shape index (κ3) is 12.9. The first kappa shape index (κ1) is 55.7. The van der Waals surface area contributed by atoms with Gasteiger partial charge in [-0.1, -0.05) is 96.1 Å². The highest BCUT2D eigenvalue weighted by atomic mass is 16.3. The number of carbonyl (C=O) groups excluding carboxylic acids is 2. The van der Waals surface area contributed by atoms with Crippen molar-refractivity contribution >= 4 is 11.7 Å². The molecule has 12 nitrogen and oxygen atoms in total. The van der Waals surface area contributed by atoms with Crippen molar-refractivity contribution in [1.82, 2.24) is 10.6 Å². The Balaban J connectivity index is 1.31. The Hall–Kier alpha value is -5.02. The Bertz CT molecular complexity index is 2570. The number of aryl methyl sites for hydroxylation is 1. The minimum Gasteiger partial charge on any atom is -0.508 e. The number of β-amino-alcohol motifs (C(OH)–C–C–N with tert-alkyl or cyclic N) is 1. The number of carbonyl (C=O) groups is 2. The van der Waals surface area contributed by atoms with E-state index in [1.165, 1.54) is 5.57 Å². The molecule has 1 spiro atoms. The van der Waals surface area contributed by atoms with Gasteiger partial charge in [0.2, 0.25) is 5.91 Å². The van der Waals surface area contributed by atoms with Crippen molar-refractivity contribution in [3.05, 3.63) is 158 Å². The lowest BCUT2D eigenvalue weighted by atomic mass is 9.52. The van der Waals surface area contributed by atoms with Gasteiger partial charge in [-0.15, -0.1) is 0 Å². The second kappa shape index (κ2) is 24.6. The lowest BCUT2D eigenvalue weighted by Gasteiger charge is -2.56. The number of amides is 1. The van der Waals surface area contributed by atoms with Crippen LogP contribution >= 0.6 is 0 Å². The van der Waals surface area contributed by atoms with E-state index in [2.05, 4.69) is 55.3 Å². The monoisotopic (exact) mass is 1000 g/mol. The number of hydrogen-bond donors (Lipinski definition) is 10. The smallest absolute Gasteiger partial charge is 0.243 e. The second-order valence-corrected chi connectivity index (χ2v) is 22.0. The Kier molecular flexibility index (Phi) is 18.7. The van der Waals surface area contributed by atoms with Gasteiger partial charge >= 0.3 is 0 Å². The van der Waals surface area contributed by atoms with Crippen molar-refractivity contribution in [3.63, 3.8) is 0 Å². The summed E-state index contributed by atoms with van der Waals surface area (Å²) in [4.78, 5) is 29.0. The molecule has 0 saturated heterocycles. The highest BCUT2D eigenvalue weighted by Gasteiger charge is 2.64. The van der Waals surface area contributed by atoms with Crippen LogP contribution in [0.4, 0.5) is 0 Å². The molecule has 0 radical (unpaired) electrons. The van der Waals surface area contributed by atoms with Crippen LogP contribution in [0.5, 0.6) is 5.75 Å². The fourth-order valence-electron chi connectivity index (χ4n) is 12.8. The van der Waals surface area contributed by atoms with Crippen molar-refractivity contribution < 1.29 is 45.3 Å². The summed E-state index contributed by atoms with van der Waals surface area (Å²) in [6.07, 6.45) is 10.3. The van der Waals surface area contributed by atoms with Gasteiger partial charge in [0.25, 0.3) is 0 Å². The number of phenolic OH excluding ortho intramolecular Hbond substituents is 1. The van der Waals surface area contributed by atoms with Gasteiger partial charge in [-0.05, 0) is 185 Å². The molecule has 2 aliphatic heterocycles. The Morgan fingerprint density at radius 3 is 2.40 bits per heavy atom. The van der Waals surface area contributed by atoms with E-state index in [1.54, 1.807) is 19.1 Å². The van der Waals surface area contributed by atoms with E-state index in [-0.39, 0.29) is 49.5 Å². The molecule has 2 saturated carbocycles. The molecule has 73 heavy (non-hydrogen) atoms. The van der Waals surface area contributed by atoms with Crippen molar-refractivity contribution in [1.29, 1.82) is 0 Å². The zero-order valence-corrected chi connectivity index (χ0v) is 43.5. The Morgan fingerprint density at radius 2 is 1.68 bits per heavy atom. The molecule has 2 aliphatic carbocycles. The molecule has 12 heteroatoms. The number of phenols is 1. The SMILES string of the molecule is C=C(C=CC=C(CO)C1CCC2(C3CCC(O)Cc4cc(CCCO)cc(c4)CC(Cc4ccc(O)cc4)C(O)CNC4C(=O)NC(N)c5cccc(c54)CC(=O)C(C)=C3CCC2(C)O)C1O)CCC=C(C)C. The fraction of sp³-hybridized carbons (Fsp3) is 0.508. The van der Waals surface area contributed by atoms with Gasteiger partial charge in [0.1, 0.15) is 18.0 Å². The summed E-state index contributed by atoms with van der Waals surface area (Å²) >= 11 is 0. The van der Waals surface area contributed by atoms with Gasteiger partial charge in [-0.2, -0.15) is 0 Å². The average Bonchev–Trinajstić information content (AvgIpc) is 3.69. The first-order valence-electron chi connectivity index (χ1n) is 26.6. The molecule has 394 valence electrons. The maximum atomic E-state index is 15.0. The fourth-order valence-corrected chi connectivity index (χ4v) is 12.8. The highest BCUT2D eigenvalue weighted by Crippen LogP contribution is 2.63. The molecule has 7 rings (SSSR count). The summed E-state index contributed by atoms with van der Waals surface area (Å²) < 4.78 is 0. The van der Waals surface area contributed by atoms with E-state index >= 15 is 0 Å². The molecule has 0 aromatic heterocycles. The number of fused-ring (bicyclic) bond motifs is 4. The van der Waals surface area contributed by atoms with Crippen LogP contribution in [-0.4, -0.2) is 91.1 Å². The van der Waals surface area contributed by atoms with E-state index in [0.29, 0.717) is 98.5 Å². The molecular weight excluding hydrogens is 919 g/mol. The van der Waals surface area contributed by atoms with E-state index in [1.807, 2.05) is 55.5 Å². The van der Waals surface area contributed by atoms with Crippen LogP contribution < -0.4 is 16.4 Å². The van der Waals surface area contributed by atoms with Gasteiger partial charge in [0.15, 0.2) is 5.78 Å². The van der Waals surface area contributed by atoms with Crippen LogP contribution in [0.1, 0.15) is 137 Å². The molecule has 10 unspecified atom stereocenters. The van der Waals surface area contributed by atoms with Gasteiger partial charge < -0.3 is 46.8 Å². The zero-order chi connectivity index (χ0) is 52.6. The predicted octanol–water partition coefficient (Wildman–Crippen LogP) is 7.32. The molecule has 1 amide bonds. The van der Waals surface area contributed by atoms with Crippen LogP contribution in [0.3, 0.4) is 0 Å². The van der Waals surface area contributed by atoms with Crippen molar-refractivity contribution in [2.45, 2.75) is 154 Å². The number of Topliss-reactive ketones (excluding diaryl/α,β-unsaturated/α-hetero) is 1. The van der Waals surface area contributed by atoms with E-state index in [4.69, 9.17) is 5.73 Å². The molecule has 2 fully saturated rings. The second-order valence-electron chi connectivity index (χ2n) is 22.0. The first-order chi connectivity index (χ1) is 34.8. The lowest BCUT2D eigenvalue weighted by molar-refractivity contribution is -0.168. The number of aliphatic hydroxyl groups is 6. The predicted molar refractivity (Wildman–Crippen MR) is 286 cm³/mol. The summed E-state index contributed by atoms with van der Waals surface area (Å²) in [6.45, 7) is 11.7. The minimum absolute atomic E-state index is 0.0108. The Morgan fingerprint density at radius 1 is 0.945 bits per heavy atom. The molecule has 4 aliphatic rings. The van der Waals surface area contributed by atoms with Crippen LogP contribution in [0, 0.1) is 23.2 Å². The van der Waals surface area contributed by atoms with Gasteiger partial charge in [0.05, 0.1) is 30.5 Å². The quantitative estimate of drug-likeness (QED) is 0.0639. The molecule has 3 aromatic rings. The van der Waals surface area contributed by atoms with Crippen LogP contribution in [-0.2, 0) is 41.7 Å². The largest absolute Gasteiger partial charge is 0.508 e. The van der Waals surface area contributed by atoms with Crippen molar-refractivity contribution in [3.8, 4) is 5.75 Å². The number of allylic oxidation sites excluding steroid dienone is 8. The molecule has 3 aromatic carbocycles. The standard InChI is InChI=1S/C61H81N3O9/c1-37(2)10-6-11-38(3)12-7-15-45(36-66)50-24-26-61(57(50)71)52-22-21-48(68)33-43-29-41(13-9-27-65)28-42(30-43)32-46(31-40-17-19-47(67)20-18-40)54(70)35-63-56-55-44(14-8-16-51(55)58(62)64-59(56)72)34-53(69)39(4)49(52)23-25-60(61,5)73/h7-8,10,12,14-20,28-30,46,48,50,52,54,56-58,63,65-68,70-71,73H,3,6,9,11,13,21-27,31-36,62H2,1-2,4-5H3,(H,64,72). The highest BCUT2D eigenvalue weighted by molar-refractivity contribution is 5.98. The van der Waals surface area contributed by atoms with E-state index in [9.17, 15) is 45.3 Å². The number of nitrogens with two attached hydrogens (primary N) is 1. The van der Waals surface area contributed by atoms with Gasteiger partial charge in [0, 0.05) is 30.9 Å². The summed E-state index contributed by atoms with van der Waals surface area (Å²) in [6, 6.07) is 17.7. The average molecular weight is 1000 g/mol. The number of nitrogens with one attached hydrogen (secondary N) is 2. The number of ketones is 1. The summed E-state index contributed by atoms with van der Waals surface area (Å²) in [5.74, 6) is -1.78. The number of aliphatic hydroxyl groups excluding tert-OH is 5. The minimum atomic E-state index is -1.37. The summed E-state index contributed by atoms with van der Waals surface area (Å²) in [5, 5.41) is 86.9. The van der Waals surface area contributed by atoms with Gasteiger partial charge in [-0.25, -0.2) is 0 Å². The molecule has 11 N–H and O–H groups in total. The van der Waals surface area contributed by atoms with Crippen LogP contribution in [0.15, 0.2) is 119 Å². The van der Waals surface area contributed by atoms with Gasteiger partial charge in [-0.3, -0.25) is 14.9 Å². The zero-order valence-electron chi connectivity index (χ0n) is 43.5. The third-order valence-electron chi connectivity index (χ3n) is 16.7. The number of hydrogen-bond acceptors (Lipinski definition) is 11. The normalized spacial score (nSPS) is 29.4. The van der Waals surface area contributed by atoms with Crippen molar-refractivity contribution in [2.24, 2.45) is 28.9 Å². The first-order valence-corrected chi connectivity index (χ1v) is 26.6. The third-order valence-corrected chi connectivity index (χ3v) is 16.7. The molecule has 2 bridgehead atoms. The summed E-state index contributed by atoms with van der Waals surface area (Å²) in [5.41, 5.74) is 13.9. The molecule has 2 heterocycles.